The van der Waals surface area contributed by atoms with E-state index in [4.69, 9.17) is 38.1 Å². The molecule has 12 nitrogen and oxygen atoms in total. The number of guanidine groups is 1. The van der Waals surface area contributed by atoms with E-state index < -0.39 is 61.0 Å². The molecule has 1 aliphatic carbocycles. The molecule has 1 saturated carbocycles. The number of nitrogens with zero attached hydrogens (tertiary/aromatic N) is 1. The number of nitrogens with two attached hydrogens (primary N) is 5. The smallest absolute Gasteiger partial charge is 0.186 e. The first-order chi connectivity index (χ1) is 11.6. The maximum absolute atomic E-state index is 10.2. The SMILES string of the molecule is NC(N)=NC[C@H]1O[C@H](O[C@@H]2[C@@H](O)[C@H](O)[C@@H](N)C[C@H]2N)[C@H](N)[C@@H](O)[C@@H]1O. The minimum Gasteiger partial charge on any atom is -0.389 e. The number of aliphatic hydroxyl groups is 4. The molecule has 14 N–H and O–H groups in total. The van der Waals surface area contributed by atoms with Crippen molar-refractivity contribution in [2.75, 3.05) is 6.54 Å². The van der Waals surface area contributed by atoms with Crippen molar-refractivity contribution >= 4 is 5.96 Å². The number of hydrogen-bond donors (Lipinski definition) is 9. The Kier molecular flexibility index (Phi) is 6.53. The lowest BCUT2D eigenvalue weighted by Gasteiger charge is -2.45. The number of ether oxygens (including phenoxy) is 2. The van der Waals surface area contributed by atoms with E-state index in [2.05, 4.69) is 4.99 Å². The van der Waals surface area contributed by atoms with Gasteiger partial charge in [0, 0.05) is 12.1 Å². The van der Waals surface area contributed by atoms with Crippen molar-refractivity contribution in [3.05, 3.63) is 0 Å². The van der Waals surface area contributed by atoms with Crippen molar-refractivity contribution in [2.45, 2.75) is 67.5 Å². The van der Waals surface area contributed by atoms with Gasteiger partial charge in [-0.2, -0.15) is 0 Å². The maximum atomic E-state index is 10.2. The highest BCUT2D eigenvalue weighted by atomic mass is 16.7. The molecule has 0 unspecified atom stereocenters. The van der Waals surface area contributed by atoms with Crippen LogP contribution in [0.5, 0.6) is 0 Å². The van der Waals surface area contributed by atoms with Crippen molar-refractivity contribution < 1.29 is 29.9 Å². The Balaban J connectivity index is 2.09. The molecule has 1 aliphatic heterocycles. The fourth-order valence-corrected chi connectivity index (χ4v) is 3.05. The molecule has 25 heavy (non-hydrogen) atoms. The monoisotopic (exact) mass is 364 g/mol. The molecule has 0 bridgehead atoms. The third-order valence-electron chi connectivity index (χ3n) is 4.58. The van der Waals surface area contributed by atoms with Crippen LogP contribution in [0.3, 0.4) is 0 Å². The van der Waals surface area contributed by atoms with Gasteiger partial charge < -0.3 is 58.6 Å². The van der Waals surface area contributed by atoms with Crippen LogP contribution < -0.4 is 28.7 Å². The summed E-state index contributed by atoms with van der Waals surface area (Å²) in [6.45, 7) is -0.125. The highest BCUT2D eigenvalue weighted by Crippen LogP contribution is 2.27. The number of aliphatic hydroxyl groups excluding tert-OH is 4. The molecule has 1 heterocycles. The molecule has 146 valence electrons. The standard InChI is InChI=1S/C13H28N6O6/c14-3-1-4(15)11(10(23)7(3)20)25-12-6(16)9(22)8(21)5(24-12)2-19-13(17)18/h3-12,20-23H,1-2,14-16H2,(H4,17,18,19)/t3-,4+,5+,6+,7+,8+,9+,10-,11-,12+/m0/s1. The summed E-state index contributed by atoms with van der Waals surface area (Å²) in [5.41, 5.74) is 28.0. The molecule has 0 aromatic carbocycles. The summed E-state index contributed by atoms with van der Waals surface area (Å²) >= 11 is 0. The van der Waals surface area contributed by atoms with E-state index in [9.17, 15) is 20.4 Å². The second kappa shape index (κ2) is 8.07. The second-order valence-electron chi connectivity index (χ2n) is 6.51. The predicted molar refractivity (Wildman–Crippen MR) is 86.8 cm³/mol. The Morgan fingerprint density at radius 3 is 2.20 bits per heavy atom. The van der Waals surface area contributed by atoms with Gasteiger partial charge in [-0.3, -0.25) is 4.99 Å². The fourth-order valence-electron chi connectivity index (χ4n) is 3.05. The minimum absolute atomic E-state index is 0.125. The summed E-state index contributed by atoms with van der Waals surface area (Å²) in [4.78, 5) is 3.74. The molecule has 10 atom stereocenters. The van der Waals surface area contributed by atoms with Crippen LogP contribution in [0, 0.1) is 0 Å². The van der Waals surface area contributed by atoms with Crippen molar-refractivity contribution in [3.8, 4) is 0 Å². The van der Waals surface area contributed by atoms with Crippen LogP contribution >= 0.6 is 0 Å². The van der Waals surface area contributed by atoms with Crippen molar-refractivity contribution in [1.29, 1.82) is 0 Å². The maximum Gasteiger partial charge on any atom is 0.186 e. The normalized spacial score (nSPS) is 48.1. The molecule has 0 spiro atoms. The Labute approximate surface area is 144 Å². The Morgan fingerprint density at radius 1 is 0.960 bits per heavy atom. The van der Waals surface area contributed by atoms with Crippen LogP contribution in [0.15, 0.2) is 4.99 Å². The van der Waals surface area contributed by atoms with Crippen molar-refractivity contribution in [2.24, 2.45) is 33.7 Å². The fraction of sp³-hybridized carbons (Fsp3) is 0.923. The lowest BCUT2D eigenvalue weighted by Crippen LogP contribution is -2.67. The highest BCUT2D eigenvalue weighted by molar-refractivity contribution is 5.75. The summed E-state index contributed by atoms with van der Waals surface area (Å²) in [5, 5.41) is 40.2. The summed E-state index contributed by atoms with van der Waals surface area (Å²) in [5.74, 6) is -0.209. The van der Waals surface area contributed by atoms with E-state index in [1.54, 1.807) is 0 Å². The van der Waals surface area contributed by atoms with Gasteiger partial charge in [0.2, 0.25) is 0 Å². The van der Waals surface area contributed by atoms with Gasteiger partial charge in [0.25, 0.3) is 0 Å². The zero-order chi connectivity index (χ0) is 18.9. The minimum atomic E-state index is -1.37. The van der Waals surface area contributed by atoms with Gasteiger partial charge in [0.15, 0.2) is 12.2 Å². The lowest BCUT2D eigenvalue weighted by atomic mass is 9.84. The van der Waals surface area contributed by atoms with E-state index in [1.807, 2.05) is 0 Å². The Morgan fingerprint density at radius 2 is 1.60 bits per heavy atom. The molecule has 0 aromatic rings. The molecule has 2 rings (SSSR count). The first-order valence-electron chi connectivity index (χ1n) is 7.98. The number of rotatable bonds is 4. The highest BCUT2D eigenvalue weighted by Gasteiger charge is 2.48. The third kappa shape index (κ3) is 4.36. The quantitative estimate of drug-likeness (QED) is 0.168. The van der Waals surface area contributed by atoms with Crippen molar-refractivity contribution in [1.82, 2.24) is 0 Å². The molecule has 2 aliphatic rings. The topological polar surface area (TPSA) is 242 Å². The van der Waals surface area contributed by atoms with Crippen LogP contribution in [0.2, 0.25) is 0 Å². The predicted octanol–water partition coefficient (Wildman–Crippen LogP) is -5.80. The second-order valence-corrected chi connectivity index (χ2v) is 6.51. The molecular weight excluding hydrogens is 336 g/mol. The van der Waals surface area contributed by atoms with Crippen LogP contribution in [-0.4, -0.2) is 94.0 Å². The molecule has 0 amide bonds. The summed E-state index contributed by atoms with van der Waals surface area (Å²) in [6, 6.07) is -2.48. The molecule has 12 heteroatoms. The van der Waals surface area contributed by atoms with Gasteiger partial charge in [-0.25, -0.2) is 0 Å². The van der Waals surface area contributed by atoms with Gasteiger partial charge >= 0.3 is 0 Å². The van der Waals surface area contributed by atoms with E-state index >= 15 is 0 Å². The van der Waals surface area contributed by atoms with Crippen LogP contribution in [0.4, 0.5) is 0 Å². The molecule has 1 saturated heterocycles. The Hall–Kier alpha value is -1.09. The van der Waals surface area contributed by atoms with Crippen LogP contribution in [0.1, 0.15) is 6.42 Å². The first-order valence-corrected chi connectivity index (χ1v) is 7.98. The number of aliphatic imine (C=N–C) groups is 1. The van der Waals surface area contributed by atoms with Crippen LogP contribution in [-0.2, 0) is 9.47 Å². The average molecular weight is 364 g/mol. The molecule has 2 fully saturated rings. The molecule has 0 radical (unpaired) electrons. The average Bonchev–Trinajstić information content (AvgIpc) is 2.55. The largest absolute Gasteiger partial charge is 0.389 e. The molecular formula is C13H28N6O6. The first kappa shape index (κ1) is 20.2. The van der Waals surface area contributed by atoms with E-state index in [1.165, 1.54) is 0 Å². The van der Waals surface area contributed by atoms with Gasteiger partial charge in [-0.05, 0) is 6.42 Å². The lowest BCUT2D eigenvalue weighted by molar-refractivity contribution is -0.287. The molecule has 0 aromatic heterocycles. The summed E-state index contributed by atoms with van der Waals surface area (Å²) in [7, 11) is 0. The zero-order valence-corrected chi connectivity index (χ0v) is 13.6. The van der Waals surface area contributed by atoms with Gasteiger partial charge in [-0.15, -0.1) is 0 Å². The third-order valence-corrected chi connectivity index (χ3v) is 4.58. The van der Waals surface area contributed by atoms with E-state index in [0.29, 0.717) is 0 Å². The van der Waals surface area contributed by atoms with Gasteiger partial charge in [0.1, 0.15) is 30.5 Å². The van der Waals surface area contributed by atoms with E-state index in [0.717, 1.165) is 0 Å². The van der Waals surface area contributed by atoms with E-state index in [-0.39, 0.29) is 18.9 Å². The van der Waals surface area contributed by atoms with Gasteiger partial charge in [0.05, 0.1) is 18.7 Å². The summed E-state index contributed by atoms with van der Waals surface area (Å²) < 4.78 is 11.2. The Bertz CT molecular complexity index is 480. The van der Waals surface area contributed by atoms with Crippen LogP contribution in [0.25, 0.3) is 0 Å². The number of hydrogen-bond acceptors (Lipinski definition) is 10. The zero-order valence-electron chi connectivity index (χ0n) is 13.6. The van der Waals surface area contributed by atoms with Gasteiger partial charge in [-0.1, -0.05) is 0 Å². The summed E-state index contributed by atoms with van der Waals surface area (Å²) in [6.07, 6.45) is -8.27. The van der Waals surface area contributed by atoms with Crippen molar-refractivity contribution in [3.63, 3.8) is 0 Å².